The zero-order chi connectivity index (χ0) is 10.8. The summed E-state index contributed by atoms with van der Waals surface area (Å²) in [5.74, 6) is 0.426. The van der Waals surface area contributed by atoms with Gasteiger partial charge in [-0.15, -0.1) is 0 Å². The van der Waals surface area contributed by atoms with Gasteiger partial charge in [-0.2, -0.15) is 0 Å². The summed E-state index contributed by atoms with van der Waals surface area (Å²) in [5, 5.41) is 0. The summed E-state index contributed by atoms with van der Waals surface area (Å²) >= 11 is 3.44. The van der Waals surface area contributed by atoms with Crippen molar-refractivity contribution in [3.63, 3.8) is 0 Å². The van der Waals surface area contributed by atoms with E-state index in [4.69, 9.17) is 5.73 Å². The van der Waals surface area contributed by atoms with Crippen molar-refractivity contribution in [1.82, 2.24) is 0 Å². The molecule has 0 aliphatic rings. The van der Waals surface area contributed by atoms with E-state index in [-0.39, 0.29) is 5.41 Å². The fourth-order valence-corrected chi connectivity index (χ4v) is 1.95. The van der Waals surface area contributed by atoms with Gasteiger partial charge in [-0.05, 0) is 29.7 Å². The van der Waals surface area contributed by atoms with Gasteiger partial charge < -0.3 is 5.73 Å². The molecule has 0 amide bonds. The Labute approximate surface area is 94.8 Å². The van der Waals surface area contributed by atoms with Gasteiger partial charge in [0.05, 0.1) is 0 Å². The number of halogens is 1. The predicted molar refractivity (Wildman–Crippen MR) is 65.4 cm³/mol. The summed E-state index contributed by atoms with van der Waals surface area (Å²) in [4.78, 5) is 0. The highest BCUT2D eigenvalue weighted by molar-refractivity contribution is 9.10. The van der Waals surface area contributed by atoms with E-state index in [0.29, 0.717) is 12.5 Å². The van der Waals surface area contributed by atoms with E-state index in [0.717, 1.165) is 4.47 Å². The van der Waals surface area contributed by atoms with E-state index >= 15 is 0 Å². The maximum atomic E-state index is 5.82. The zero-order valence-electron chi connectivity index (χ0n) is 9.05. The number of nitrogens with two attached hydrogens (primary N) is 1. The minimum absolute atomic E-state index is 0.225. The average Bonchev–Trinajstić information content (AvgIpc) is 2.07. The van der Waals surface area contributed by atoms with Crippen LogP contribution in [-0.2, 0) is 0 Å². The number of hydrogen-bond acceptors (Lipinski definition) is 1. The van der Waals surface area contributed by atoms with E-state index in [1.807, 2.05) is 0 Å². The maximum Gasteiger partial charge on any atom is 0.0175 e. The molecule has 14 heavy (non-hydrogen) atoms. The second-order valence-corrected chi connectivity index (χ2v) is 5.62. The first-order chi connectivity index (χ1) is 6.45. The van der Waals surface area contributed by atoms with Gasteiger partial charge in [-0.3, -0.25) is 0 Å². The van der Waals surface area contributed by atoms with Crippen molar-refractivity contribution < 1.29 is 0 Å². The normalized spacial score (nSPS) is 14.1. The Balaban J connectivity index is 2.96. The van der Waals surface area contributed by atoms with Crippen LogP contribution in [0.5, 0.6) is 0 Å². The molecule has 0 fully saturated rings. The molecule has 0 aromatic heterocycles. The smallest absolute Gasteiger partial charge is 0.0175 e. The monoisotopic (exact) mass is 255 g/mol. The number of hydrogen-bond donors (Lipinski definition) is 1. The maximum absolute atomic E-state index is 5.82. The summed E-state index contributed by atoms with van der Waals surface area (Å²) in [7, 11) is 0. The second kappa shape index (κ2) is 4.45. The van der Waals surface area contributed by atoms with Crippen molar-refractivity contribution in [3.8, 4) is 0 Å². The van der Waals surface area contributed by atoms with Crippen molar-refractivity contribution in [3.05, 3.63) is 34.3 Å². The summed E-state index contributed by atoms with van der Waals surface area (Å²) in [6.07, 6.45) is 0. The van der Waals surface area contributed by atoms with E-state index in [2.05, 4.69) is 61.0 Å². The summed E-state index contributed by atoms with van der Waals surface area (Å²) < 4.78 is 1.12. The van der Waals surface area contributed by atoms with E-state index in [9.17, 15) is 0 Å². The minimum atomic E-state index is 0.225. The Bertz CT molecular complexity index is 284. The summed E-state index contributed by atoms with van der Waals surface area (Å²) in [5.41, 5.74) is 7.36. The van der Waals surface area contributed by atoms with Crippen molar-refractivity contribution in [2.45, 2.75) is 26.7 Å². The van der Waals surface area contributed by atoms with Crippen molar-refractivity contribution in [2.75, 3.05) is 6.54 Å². The Morgan fingerprint density at radius 1 is 1.21 bits per heavy atom. The largest absolute Gasteiger partial charge is 0.330 e. The molecule has 0 spiro atoms. The molecule has 0 aliphatic heterocycles. The van der Waals surface area contributed by atoms with Crippen LogP contribution in [0.15, 0.2) is 28.7 Å². The lowest BCUT2D eigenvalue weighted by Crippen LogP contribution is -2.25. The Morgan fingerprint density at radius 2 is 1.71 bits per heavy atom. The quantitative estimate of drug-likeness (QED) is 0.860. The van der Waals surface area contributed by atoms with Crippen LogP contribution >= 0.6 is 15.9 Å². The van der Waals surface area contributed by atoms with Crippen LogP contribution < -0.4 is 5.73 Å². The van der Waals surface area contributed by atoms with Crippen LogP contribution in [0.4, 0.5) is 0 Å². The van der Waals surface area contributed by atoms with Gasteiger partial charge in [-0.1, -0.05) is 48.8 Å². The zero-order valence-corrected chi connectivity index (χ0v) is 10.6. The topological polar surface area (TPSA) is 26.0 Å². The van der Waals surface area contributed by atoms with Crippen LogP contribution in [0.3, 0.4) is 0 Å². The van der Waals surface area contributed by atoms with Crippen LogP contribution in [0.1, 0.15) is 32.3 Å². The Kier molecular flexibility index (Phi) is 3.73. The van der Waals surface area contributed by atoms with Gasteiger partial charge in [0.25, 0.3) is 0 Å². The molecule has 1 atom stereocenters. The Morgan fingerprint density at radius 3 is 2.07 bits per heavy atom. The summed E-state index contributed by atoms with van der Waals surface area (Å²) in [6, 6.07) is 8.44. The minimum Gasteiger partial charge on any atom is -0.330 e. The van der Waals surface area contributed by atoms with Gasteiger partial charge in [0.15, 0.2) is 0 Å². The molecule has 1 aromatic carbocycles. The Hall–Kier alpha value is -0.340. The standard InChI is InChI=1S/C12H18BrN/c1-12(2,3)11(8-14)9-4-6-10(13)7-5-9/h4-7,11H,8,14H2,1-3H3/t11-/m0/s1. The molecule has 78 valence electrons. The van der Waals surface area contributed by atoms with Crippen molar-refractivity contribution in [1.29, 1.82) is 0 Å². The third-order valence-electron chi connectivity index (χ3n) is 2.55. The van der Waals surface area contributed by atoms with Gasteiger partial charge in [-0.25, -0.2) is 0 Å². The molecule has 2 N–H and O–H groups in total. The molecule has 0 heterocycles. The molecule has 1 nitrogen and oxygen atoms in total. The molecule has 1 rings (SSSR count). The lowest BCUT2D eigenvalue weighted by Gasteiger charge is -2.30. The van der Waals surface area contributed by atoms with Crippen LogP contribution in [-0.4, -0.2) is 6.54 Å². The fraction of sp³-hybridized carbons (Fsp3) is 0.500. The first kappa shape index (κ1) is 11.7. The van der Waals surface area contributed by atoms with Crippen molar-refractivity contribution in [2.24, 2.45) is 11.1 Å². The molecule has 0 aliphatic carbocycles. The highest BCUT2D eigenvalue weighted by atomic mass is 79.9. The molecule has 0 saturated carbocycles. The van der Waals surface area contributed by atoms with E-state index < -0.39 is 0 Å². The first-order valence-electron chi connectivity index (χ1n) is 4.90. The van der Waals surface area contributed by atoms with Crippen LogP contribution in [0.2, 0.25) is 0 Å². The van der Waals surface area contributed by atoms with Gasteiger partial charge in [0.1, 0.15) is 0 Å². The highest BCUT2D eigenvalue weighted by Gasteiger charge is 2.24. The molecular weight excluding hydrogens is 238 g/mol. The summed E-state index contributed by atoms with van der Waals surface area (Å²) in [6.45, 7) is 7.39. The number of rotatable bonds is 2. The van der Waals surface area contributed by atoms with Crippen LogP contribution in [0, 0.1) is 5.41 Å². The lowest BCUT2D eigenvalue weighted by atomic mass is 9.76. The van der Waals surface area contributed by atoms with Gasteiger partial charge in [0, 0.05) is 10.4 Å². The second-order valence-electron chi connectivity index (χ2n) is 4.71. The first-order valence-corrected chi connectivity index (χ1v) is 5.70. The molecule has 0 unspecified atom stereocenters. The lowest BCUT2D eigenvalue weighted by molar-refractivity contribution is 0.325. The van der Waals surface area contributed by atoms with E-state index in [1.54, 1.807) is 0 Å². The fourth-order valence-electron chi connectivity index (χ4n) is 1.68. The SMILES string of the molecule is CC(C)(C)[C@@H](CN)c1ccc(Br)cc1. The van der Waals surface area contributed by atoms with Gasteiger partial charge >= 0.3 is 0 Å². The average molecular weight is 256 g/mol. The molecule has 2 heteroatoms. The van der Waals surface area contributed by atoms with Crippen LogP contribution in [0.25, 0.3) is 0 Å². The number of benzene rings is 1. The molecule has 0 saturated heterocycles. The molecular formula is C12H18BrN. The van der Waals surface area contributed by atoms with Gasteiger partial charge in [0.2, 0.25) is 0 Å². The predicted octanol–water partition coefficient (Wildman–Crippen LogP) is 3.54. The molecule has 1 aromatic rings. The molecule has 0 radical (unpaired) electrons. The van der Waals surface area contributed by atoms with E-state index in [1.165, 1.54) is 5.56 Å². The van der Waals surface area contributed by atoms with Crippen molar-refractivity contribution >= 4 is 15.9 Å². The highest BCUT2D eigenvalue weighted by Crippen LogP contribution is 2.34. The third kappa shape index (κ3) is 2.82. The third-order valence-corrected chi connectivity index (χ3v) is 3.08. The molecule has 0 bridgehead atoms.